The fraction of sp³-hybridized carbons (Fsp3) is 0.364. The van der Waals surface area contributed by atoms with Gasteiger partial charge in [-0.05, 0) is 50.1 Å². The molecule has 0 aliphatic rings. The van der Waals surface area contributed by atoms with Gasteiger partial charge in [-0.2, -0.15) is 5.10 Å². The summed E-state index contributed by atoms with van der Waals surface area (Å²) in [6.45, 7) is 3.13. The van der Waals surface area contributed by atoms with Crippen LogP contribution in [0.3, 0.4) is 0 Å². The van der Waals surface area contributed by atoms with E-state index in [1.807, 2.05) is 31.2 Å². The Hall–Kier alpha value is -5.07. The van der Waals surface area contributed by atoms with Crippen molar-refractivity contribution in [3.05, 3.63) is 65.9 Å². The summed E-state index contributed by atoms with van der Waals surface area (Å²) in [5.41, 5.74) is 3.29. The van der Waals surface area contributed by atoms with Crippen LogP contribution in [0.5, 0.6) is 0 Å². The van der Waals surface area contributed by atoms with Crippen LogP contribution in [-0.4, -0.2) is 91.3 Å². The van der Waals surface area contributed by atoms with Crippen LogP contribution in [0, 0.1) is 6.92 Å². The Morgan fingerprint density at radius 3 is 1.80 bits per heavy atom. The molecule has 0 spiro atoms. The average Bonchev–Trinajstić information content (AvgIpc) is 3.54. The number of nitrogens with one attached hydrogen (secondary N) is 5. The fourth-order valence-corrected chi connectivity index (χ4v) is 5.41. The number of carbonyl (C=O) groups is 6. The minimum Gasteiger partial charge on any atom is -0.355 e. The summed E-state index contributed by atoms with van der Waals surface area (Å²) < 4.78 is 25.0. The first kappa shape index (κ1) is 40.4. The number of thioether (sulfide) groups is 1. The van der Waals surface area contributed by atoms with Crippen LogP contribution in [0.25, 0.3) is 16.9 Å². The molecule has 16 nitrogen and oxygen atoms in total. The second-order valence-electron chi connectivity index (χ2n) is 11.4. The molecule has 0 saturated heterocycles. The Morgan fingerprint density at radius 2 is 1.25 bits per heavy atom. The predicted octanol–water partition coefficient (Wildman–Crippen LogP) is 0.530. The Morgan fingerprint density at radius 1 is 0.725 bits per heavy atom. The van der Waals surface area contributed by atoms with Crippen LogP contribution >= 0.6 is 11.8 Å². The summed E-state index contributed by atoms with van der Waals surface area (Å²) in [5, 5.41) is 22.1. The molecule has 0 unspecified atom stereocenters. The van der Waals surface area contributed by atoms with Crippen molar-refractivity contribution < 1.29 is 37.2 Å². The minimum absolute atomic E-state index is 0.0378. The van der Waals surface area contributed by atoms with E-state index in [0.29, 0.717) is 37.3 Å². The van der Waals surface area contributed by atoms with E-state index in [-0.39, 0.29) is 52.9 Å². The summed E-state index contributed by atoms with van der Waals surface area (Å²) >= 11 is 0.816. The molecule has 0 saturated carbocycles. The van der Waals surface area contributed by atoms with Crippen molar-refractivity contribution in [2.75, 3.05) is 38.5 Å². The van der Waals surface area contributed by atoms with Crippen molar-refractivity contribution in [1.82, 2.24) is 36.4 Å². The van der Waals surface area contributed by atoms with E-state index in [9.17, 15) is 37.2 Å². The second kappa shape index (κ2) is 19.9. The standard InChI is InChI=1S/C33H42N8O8S2/c1-22-7-9-24(10-8-22)28-17-27(40-41(28)25-11-13-26(14-12-25)51(34,48)49)33(47)36-16-6-4-3-5-15-35-29(43)18-37-30(44)19-38-31(45)20-39-32(46)21-50-23(2)42/h7-14,17H,3-6,15-16,18-21H2,1-2H3,(H,35,43)(H,36,47)(H,37,44)(H,38,45)(H,39,46)(H2,34,48,49). The molecule has 0 radical (unpaired) electrons. The molecule has 0 aliphatic carbocycles. The Labute approximate surface area is 300 Å². The smallest absolute Gasteiger partial charge is 0.271 e. The first-order valence-electron chi connectivity index (χ1n) is 16.0. The molecule has 5 amide bonds. The van der Waals surface area contributed by atoms with Gasteiger partial charge < -0.3 is 26.6 Å². The molecule has 0 bridgehead atoms. The highest BCUT2D eigenvalue weighted by molar-refractivity contribution is 8.14. The number of primary sulfonamides is 1. The average molecular weight is 743 g/mol. The molecule has 3 aromatic rings. The summed E-state index contributed by atoms with van der Waals surface area (Å²) in [6.07, 6.45) is 2.97. The lowest BCUT2D eigenvalue weighted by atomic mass is 10.1. The van der Waals surface area contributed by atoms with Crippen molar-refractivity contribution in [1.29, 1.82) is 0 Å². The van der Waals surface area contributed by atoms with Gasteiger partial charge in [-0.3, -0.25) is 28.8 Å². The number of carbonyl (C=O) groups excluding carboxylic acids is 6. The first-order valence-corrected chi connectivity index (χ1v) is 18.5. The number of hydrogen-bond acceptors (Lipinski definition) is 10. The van der Waals surface area contributed by atoms with Crippen LogP contribution in [-0.2, 0) is 34.0 Å². The molecule has 2 aromatic carbocycles. The van der Waals surface area contributed by atoms with Gasteiger partial charge >= 0.3 is 0 Å². The number of sulfonamides is 1. The summed E-state index contributed by atoms with van der Waals surface area (Å²) in [4.78, 5) is 71.0. The lowest BCUT2D eigenvalue weighted by molar-refractivity contribution is -0.128. The van der Waals surface area contributed by atoms with E-state index in [2.05, 4.69) is 31.7 Å². The van der Waals surface area contributed by atoms with E-state index >= 15 is 0 Å². The van der Waals surface area contributed by atoms with Gasteiger partial charge in [-0.25, -0.2) is 18.2 Å². The lowest BCUT2D eigenvalue weighted by Gasteiger charge is -2.09. The summed E-state index contributed by atoms with van der Waals surface area (Å²) in [5.74, 6) is -2.49. The molecule has 0 aliphatic heterocycles. The van der Waals surface area contributed by atoms with Crippen LogP contribution in [0.2, 0.25) is 0 Å². The molecule has 7 N–H and O–H groups in total. The van der Waals surface area contributed by atoms with Gasteiger partial charge in [-0.1, -0.05) is 54.4 Å². The molecule has 1 aromatic heterocycles. The molecule has 1 heterocycles. The highest BCUT2D eigenvalue weighted by atomic mass is 32.2. The third-order valence-corrected chi connectivity index (χ3v) is 8.90. The number of nitrogens with two attached hydrogens (primary N) is 1. The molecule has 18 heteroatoms. The maximum atomic E-state index is 13.0. The first-order chi connectivity index (χ1) is 24.2. The third kappa shape index (κ3) is 14.4. The topological polar surface area (TPSA) is 241 Å². The number of aromatic nitrogens is 2. The van der Waals surface area contributed by atoms with Crippen LogP contribution in [0.1, 0.15) is 48.7 Å². The van der Waals surface area contributed by atoms with E-state index in [0.717, 1.165) is 35.7 Å². The summed E-state index contributed by atoms with van der Waals surface area (Å²) in [6, 6.07) is 15.3. The second-order valence-corrected chi connectivity index (χ2v) is 14.1. The van der Waals surface area contributed by atoms with Crippen molar-refractivity contribution in [2.45, 2.75) is 44.4 Å². The number of unbranched alkanes of at least 4 members (excludes halogenated alkanes) is 3. The molecule has 274 valence electrons. The van der Waals surface area contributed by atoms with Gasteiger partial charge in [0.2, 0.25) is 33.7 Å². The molecule has 0 atom stereocenters. The van der Waals surface area contributed by atoms with Crippen LogP contribution in [0.15, 0.2) is 59.5 Å². The predicted molar refractivity (Wildman–Crippen MR) is 191 cm³/mol. The molecule has 51 heavy (non-hydrogen) atoms. The zero-order valence-corrected chi connectivity index (χ0v) is 30.0. The monoisotopic (exact) mass is 742 g/mol. The highest BCUT2D eigenvalue weighted by Crippen LogP contribution is 2.25. The number of hydrogen-bond donors (Lipinski definition) is 6. The van der Waals surface area contributed by atoms with Crippen molar-refractivity contribution >= 4 is 56.4 Å². The molecule has 3 rings (SSSR count). The normalized spacial score (nSPS) is 11.0. The zero-order valence-electron chi connectivity index (χ0n) is 28.3. The molecular weight excluding hydrogens is 701 g/mol. The fourth-order valence-electron chi connectivity index (χ4n) is 4.46. The Bertz CT molecular complexity index is 1810. The van der Waals surface area contributed by atoms with Gasteiger partial charge in [0.1, 0.15) is 0 Å². The minimum atomic E-state index is -3.87. The van der Waals surface area contributed by atoms with E-state index in [1.165, 1.54) is 19.1 Å². The van der Waals surface area contributed by atoms with Crippen LogP contribution in [0.4, 0.5) is 0 Å². The van der Waals surface area contributed by atoms with Gasteiger partial charge in [0.15, 0.2) is 10.8 Å². The van der Waals surface area contributed by atoms with Gasteiger partial charge in [0.25, 0.3) is 5.91 Å². The van der Waals surface area contributed by atoms with Crippen molar-refractivity contribution in [3.8, 4) is 16.9 Å². The number of benzene rings is 2. The third-order valence-electron chi connectivity index (χ3n) is 7.16. The van der Waals surface area contributed by atoms with E-state index in [1.54, 1.807) is 22.9 Å². The van der Waals surface area contributed by atoms with Gasteiger partial charge in [0.05, 0.1) is 41.7 Å². The maximum Gasteiger partial charge on any atom is 0.271 e. The van der Waals surface area contributed by atoms with Crippen LogP contribution < -0.4 is 31.7 Å². The SMILES string of the molecule is CC(=O)SCC(=O)NCC(=O)NCC(=O)NCC(=O)NCCCCCCNC(=O)c1cc(-c2ccc(C)cc2)n(-c2ccc(S(N)(=O)=O)cc2)n1. The quantitative estimate of drug-likeness (QED) is 0.0932. The number of nitrogens with zero attached hydrogens (tertiary/aromatic N) is 2. The molecular formula is C33H42N8O8S2. The van der Waals surface area contributed by atoms with E-state index in [4.69, 9.17) is 5.14 Å². The number of rotatable bonds is 19. The van der Waals surface area contributed by atoms with E-state index < -0.39 is 27.7 Å². The maximum absolute atomic E-state index is 13.0. The zero-order chi connectivity index (χ0) is 37.4. The lowest BCUT2D eigenvalue weighted by Crippen LogP contribution is -2.44. The Kier molecular flexibility index (Phi) is 15.8. The van der Waals surface area contributed by atoms with Gasteiger partial charge in [-0.15, -0.1) is 0 Å². The highest BCUT2D eigenvalue weighted by Gasteiger charge is 2.18. The van der Waals surface area contributed by atoms with Crippen molar-refractivity contribution in [2.24, 2.45) is 5.14 Å². The number of aryl methyl sites for hydroxylation is 1. The van der Waals surface area contributed by atoms with Crippen molar-refractivity contribution in [3.63, 3.8) is 0 Å². The molecule has 0 fully saturated rings. The van der Waals surface area contributed by atoms with Gasteiger partial charge in [0, 0.05) is 25.6 Å². The summed E-state index contributed by atoms with van der Waals surface area (Å²) in [7, 11) is -3.87. The largest absolute Gasteiger partial charge is 0.355 e. The number of amides is 5. The Balaban J connectivity index is 1.34.